The molecule has 0 saturated carbocycles. The molecule has 6 heteroatoms. The second-order valence-corrected chi connectivity index (χ2v) is 5.27. The van der Waals surface area contributed by atoms with Crippen molar-refractivity contribution in [2.75, 3.05) is 5.88 Å². The first-order chi connectivity index (χ1) is 7.72. The monoisotopic (exact) mass is 320 g/mol. The first-order valence-electron chi connectivity index (χ1n) is 4.55. The van der Waals surface area contributed by atoms with Crippen LogP contribution >= 0.6 is 38.9 Å². The predicted molar refractivity (Wildman–Crippen MR) is 67.4 cm³/mol. The molecule has 0 N–H and O–H groups in total. The number of nitrogens with zero attached hydrogens (tertiary/aromatic N) is 2. The molecule has 0 atom stereocenters. The van der Waals surface area contributed by atoms with E-state index in [-0.39, 0.29) is 5.82 Å². The summed E-state index contributed by atoms with van der Waals surface area (Å²) in [5.41, 5.74) is 0.721. The van der Waals surface area contributed by atoms with Gasteiger partial charge in [-0.25, -0.2) is 4.39 Å². The molecular formula is C10H7BrClFN2S. The van der Waals surface area contributed by atoms with Crippen LogP contribution in [0, 0.1) is 5.82 Å². The molecule has 2 aromatic rings. The van der Waals surface area contributed by atoms with Gasteiger partial charge in [0.1, 0.15) is 15.8 Å². The molecule has 16 heavy (non-hydrogen) atoms. The van der Waals surface area contributed by atoms with Crippen LogP contribution in [0.2, 0.25) is 0 Å². The lowest BCUT2D eigenvalue weighted by atomic mass is 10.2. The van der Waals surface area contributed by atoms with Gasteiger partial charge in [0.15, 0.2) is 0 Å². The number of hydrogen-bond acceptors (Lipinski definition) is 3. The molecule has 1 heterocycles. The summed E-state index contributed by atoms with van der Waals surface area (Å²) in [6.45, 7) is 0. The molecule has 0 aliphatic heterocycles. The molecule has 0 aliphatic rings. The van der Waals surface area contributed by atoms with E-state index in [1.165, 1.54) is 17.4 Å². The van der Waals surface area contributed by atoms with Crippen LogP contribution in [0.1, 0.15) is 5.01 Å². The number of aryl methyl sites for hydroxylation is 1. The third-order valence-corrected chi connectivity index (χ3v) is 3.97. The van der Waals surface area contributed by atoms with Crippen LogP contribution in [-0.2, 0) is 6.42 Å². The van der Waals surface area contributed by atoms with Gasteiger partial charge in [-0.1, -0.05) is 23.5 Å². The molecule has 0 saturated heterocycles. The van der Waals surface area contributed by atoms with Crippen LogP contribution in [0.4, 0.5) is 4.39 Å². The Balaban J connectivity index is 2.39. The van der Waals surface area contributed by atoms with Crippen molar-refractivity contribution in [3.05, 3.63) is 33.5 Å². The lowest BCUT2D eigenvalue weighted by Crippen LogP contribution is -1.84. The Labute approximate surface area is 110 Å². The van der Waals surface area contributed by atoms with Crippen molar-refractivity contribution in [3.63, 3.8) is 0 Å². The highest BCUT2D eigenvalue weighted by molar-refractivity contribution is 9.10. The smallest absolute Gasteiger partial charge is 0.149 e. The van der Waals surface area contributed by atoms with Gasteiger partial charge in [-0.3, -0.25) is 0 Å². The van der Waals surface area contributed by atoms with E-state index < -0.39 is 0 Å². The van der Waals surface area contributed by atoms with Crippen molar-refractivity contribution in [3.8, 4) is 10.6 Å². The average Bonchev–Trinajstić information content (AvgIpc) is 2.71. The minimum Gasteiger partial charge on any atom is -0.206 e. The third-order valence-electron chi connectivity index (χ3n) is 1.96. The van der Waals surface area contributed by atoms with Gasteiger partial charge in [0.25, 0.3) is 0 Å². The third kappa shape index (κ3) is 2.42. The fourth-order valence-electron chi connectivity index (χ4n) is 1.21. The fraction of sp³-hybridized carbons (Fsp3) is 0.200. The van der Waals surface area contributed by atoms with Gasteiger partial charge in [0.05, 0.1) is 4.47 Å². The van der Waals surface area contributed by atoms with Gasteiger partial charge in [-0.2, -0.15) is 0 Å². The summed E-state index contributed by atoms with van der Waals surface area (Å²) in [6, 6.07) is 4.85. The largest absolute Gasteiger partial charge is 0.206 e. The molecule has 0 bridgehead atoms. The molecule has 0 unspecified atom stereocenters. The Morgan fingerprint density at radius 3 is 2.94 bits per heavy atom. The molecule has 2 nitrogen and oxygen atoms in total. The van der Waals surface area contributed by atoms with Gasteiger partial charge in [-0.05, 0) is 22.0 Å². The highest BCUT2D eigenvalue weighted by atomic mass is 79.9. The maximum Gasteiger partial charge on any atom is 0.149 e. The van der Waals surface area contributed by atoms with Crippen molar-refractivity contribution in [1.29, 1.82) is 0 Å². The average molecular weight is 322 g/mol. The summed E-state index contributed by atoms with van der Waals surface area (Å²) in [7, 11) is 0. The summed E-state index contributed by atoms with van der Waals surface area (Å²) >= 11 is 10.3. The number of aromatic nitrogens is 2. The van der Waals surface area contributed by atoms with E-state index in [1.54, 1.807) is 12.1 Å². The molecule has 1 aromatic heterocycles. The van der Waals surface area contributed by atoms with E-state index in [0.29, 0.717) is 21.8 Å². The molecule has 2 rings (SSSR count). The standard InChI is InChI=1S/C10H7BrClFN2S/c11-9-6(2-1-3-7(9)13)10-15-14-8(16-10)4-5-12/h1-3H,4-5H2. The molecular weight excluding hydrogens is 315 g/mol. The zero-order valence-electron chi connectivity index (χ0n) is 8.08. The van der Waals surface area contributed by atoms with E-state index in [4.69, 9.17) is 11.6 Å². The minimum atomic E-state index is -0.299. The quantitative estimate of drug-likeness (QED) is 0.802. The van der Waals surface area contributed by atoms with Gasteiger partial charge in [-0.15, -0.1) is 21.8 Å². The highest BCUT2D eigenvalue weighted by Gasteiger charge is 2.12. The summed E-state index contributed by atoms with van der Waals surface area (Å²) < 4.78 is 13.7. The molecule has 0 aliphatic carbocycles. The number of rotatable bonds is 3. The summed E-state index contributed by atoms with van der Waals surface area (Å²) in [4.78, 5) is 0. The van der Waals surface area contributed by atoms with Crippen molar-refractivity contribution in [1.82, 2.24) is 10.2 Å². The Morgan fingerprint density at radius 1 is 1.38 bits per heavy atom. The first kappa shape index (κ1) is 12.0. The molecule has 0 fully saturated rings. The van der Waals surface area contributed by atoms with Gasteiger partial charge >= 0.3 is 0 Å². The first-order valence-corrected chi connectivity index (χ1v) is 6.69. The zero-order valence-corrected chi connectivity index (χ0v) is 11.2. The Hall–Kier alpha value is -0.520. The summed E-state index contributed by atoms with van der Waals surface area (Å²) in [6.07, 6.45) is 0.687. The van der Waals surface area contributed by atoms with Crippen LogP contribution in [0.25, 0.3) is 10.6 Å². The van der Waals surface area contributed by atoms with Gasteiger partial charge in [0, 0.05) is 17.9 Å². The highest BCUT2D eigenvalue weighted by Crippen LogP contribution is 2.32. The van der Waals surface area contributed by atoms with E-state index in [1.807, 2.05) is 0 Å². The molecule has 0 amide bonds. The molecule has 1 aromatic carbocycles. The number of halogens is 3. The Morgan fingerprint density at radius 2 is 2.19 bits per heavy atom. The Kier molecular flexibility index (Phi) is 3.89. The van der Waals surface area contributed by atoms with Crippen molar-refractivity contribution < 1.29 is 4.39 Å². The number of benzene rings is 1. The zero-order chi connectivity index (χ0) is 11.5. The van der Waals surface area contributed by atoms with E-state index in [2.05, 4.69) is 26.1 Å². The number of hydrogen-bond donors (Lipinski definition) is 0. The topological polar surface area (TPSA) is 25.8 Å². The summed E-state index contributed by atoms with van der Waals surface area (Å²) in [5.74, 6) is 0.213. The Bertz CT molecular complexity index is 503. The SMILES string of the molecule is Fc1cccc(-c2nnc(CCCl)s2)c1Br. The van der Waals surface area contributed by atoms with Crippen LogP contribution in [-0.4, -0.2) is 16.1 Å². The minimum absolute atomic E-state index is 0.299. The van der Waals surface area contributed by atoms with Crippen LogP contribution in [0.15, 0.2) is 22.7 Å². The molecule has 0 radical (unpaired) electrons. The second-order valence-electron chi connectivity index (χ2n) is 3.04. The second kappa shape index (κ2) is 5.21. The predicted octanol–water partition coefficient (Wildman–Crippen LogP) is 3.89. The van der Waals surface area contributed by atoms with Crippen LogP contribution in [0.5, 0.6) is 0 Å². The lowest BCUT2D eigenvalue weighted by molar-refractivity contribution is 0.621. The van der Waals surface area contributed by atoms with Gasteiger partial charge in [0.2, 0.25) is 0 Å². The molecule has 84 valence electrons. The van der Waals surface area contributed by atoms with E-state index in [0.717, 1.165) is 10.6 Å². The fourth-order valence-corrected chi connectivity index (χ4v) is 2.96. The van der Waals surface area contributed by atoms with Crippen molar-refractivity contribution in [2.24, 2.45) is 0 Å². The lowest BCUT2D eigenvalue weighted by Gasteiger charge is -1.99. The maximum atomic E-state index is 13.3. The van der Waals surface area contributed by atoms with Crippen molar-refractivity contribution in [2.45, 2.75) is 6.42 Å². The van der Waals surface area contributed by atoms with Crippen LogP contribution in [0.3, 0.4) is 0 Å². The van der Waals surface area contributed by atoms with Gasteiger partial charge < -0.3 is 0 Å². The molecule has 0 spiro atoms. The van der Waals surface area contributed by atoms with Crippen molar-refractivity contribution >= 4 is 38.9 Å². The van der Waals surface area contributed by atoms with E-state index in [9.17, 15) is 4.39 Å². The van der Waals surface area contributed by atoms with E-state index >= 15 is 0 Å². The summed E-state index contributed by atoms with van der Waals surface area (Å²) in [5, 5.41) is 9.58. The van der Waals surface area contributed by atoms with Crippen LogP contribution < -0.4 is 0 Å². The normalized spacial score (nSPS) is 10.7. The number of alkyl halides is 1. The maximum absolute atomic E-state index is 13.3.